The molecule has 4 nitrogen and oxygen atoms in total. The molecule has 0 fully saturated rings. The van der Waals surface area contributed by atoms with E-state index in [2.05, 4.69) is 28.9 Å². The Balaban J connectivity index is 2.66. The molecule has 1 aromatic rings. The van der Waals surface area contributed by atoms with Gasteiger partial charge in [-0.05, 0) is 18.1 Å². The van der Waals surface area contributed by atoms with Crippen molar-refractivity contribution in [3.8, 4) is 0 Å². The molecule has 0 saturated carbocycles. The van der Waals surface area contributed by atoms with E-state index in [4.69, 9.17) is 5.73 Å². The predicted octanol–water partition coefficient (Wildman–Crippen LogP) is 1.15. The van der Waals surface area contributed by atoms with Crippen LogP contribution in [0.15, 0.2) is 12.1 Å². The molecule has 0 aliphatic carbocycles. The van der Waals surface area contributed by atoms with Gasteiger partial charge in [0.15, 0.2) is 5.82 Å². The summed E-state index contributed by atoms with van der Waals surface area (Å²) in [4.78, 5) is 2.07. The topological polar surface area (TPSA) is 55.0 Å². The van der Waals surface area contributed by atoms with E-state index < -0.39 is 0 Å². The molecule has 0 bridgehead atoms. The number of aromatic nitrogens is 2. The summed E-state index contributed by atoms with van der Waals surface area (Å²) in [6.07, 6.45) is 0. The van der Waals surface area contributed by atoms with Crippen molar-refractivity contribution in [1.82, 2.24) is 10.2 Å². The van der Waals surface area contributed by atoms with Gasteiger partial charge in [0.1, 0.15) is 5.82 Å². The Hall–Kier alpha value is -1.32. The molecule has 4 heteroatoms. The Bertz CT molecular complexity index is 255. The van der Waals surface area contributed by atoms with Crippen molar-refractivity contribution in [2.24, 2.45) is 5.92 Å². The standard InChI is InChI=1S/C9H16N4/c1-7(2)6-13(3)9-5-4-8(10)11-12-9/h4-5,7H,6H2,1-3H3,(H2,10,11). The van der Waals surface area contributed by atoms with Gasteiger partial charge in [-0.2, -0.15) is 0 Å². The van der Waals surface area contributed by atoms with Crippen LogP contribution in [-0.2, 0) is 0 Å². The first-order valence-corrected chi connectivity index (χ1v) is 4.40. The van der Waals surface area contributed by atoms with Gasteiger partial charge in [0.25, 0.3) is 0 Å². The highest BCUT2D eigenvalue weighted by atomic mass is 15.3. The Labute approximate surface area is 78.8 Å². The van der Waals surface area contributed by atoms with Crippen LogP contribution in [0.1, 0.15) is 13.8 Å². The fourth-order valence-electron chi connectivity index (χ4n) is 1.18. The van der Waals surface area contributed by atoms with Gasteiger partial charge in [0.05, 0.1) is 0 Å². The molecule has 0 aliphatic rings. The zero-order valence-electron chi connectivity index (χ0n) is 8.36. The van der Waals surface area contributed by atoms with Crippen LogP contribution in [0.5, 0.6) is 0 Å². The van der Waals surface area contributed by atoms with Gasteiger partial charge in [-0.3, -0.25) is 0 Å². The van der Waals surface area contributed by atoms with Crippen LogP contribution in [0, 0.1) is 5.92 Å². The van der Waals surface area contributed by atoms with Crippen LogP contribution >= 0.6 is 0 Å². The largest absolute Gasteiger partial charge is 0.382 e. The van der Waals surface area contributed by atoms with E-state index in [-0.39, 0.29) is 0 Å². The summed E-state index contributed by atoms with van der Waals surface area (Å²) in [6, 6.07) is 3.64. The average Bonchev–Trinajstić information content (AvgIpc) is 2.04. The highest BCUT2D eigenvalue weighted by molar-refractivity contribution is 5.40. The van der Waals surface area contributed by atoms with Crippen molar-refractivity contribution in [2.75, 3.05) is 24.2 Å². The van der Waals surface area contributed by atoms with E-state index in [1.807, 2.05) is 13.1 Å². The van der Waals surface area contributed by atoms with E-state index >= 15 is 0 Å². The molecule has 1 heterocycles. The van der Waals surface area contributed by atoms with E-state index in [1.165, 1.54) is 0 Å². The van der Waals surface area contributed by atoms with Gasteiger partial charge < -0.3 is 10.6 Å². The van der Waals surface area contributed by atoms with Gasteiger partial charge in [-0.25, -0.2) is 0 Å². The van der Waals surface area contributed by atoms with Crippen LogP contribution in [-0.4, -0.2) is 23.8 Å². The quantitative estimate of drug-likeness (QED) is 0.758. The first kappa shape index (κ1) is 9.77. The first-order valence-electron chi connectivity index (χ1n) is 4.40. The first-order chi connectivity index (χ1) is 6.09. The smallest absolute Gasteiger partial charge is 0.151 e. The molecular formula is C9H16N4. The van der Waals surface area contributed by atoms with Crippen LogP contribution < -0.4 is 10.6 Å². The summed E-state index contributed by atoms with van der Waals surface area (Å²) in [5.74, 6) is 1.94. The van der Waals surface area contributed by atoms with Crippen molar-refractivity contribution >= 4 is 11.6 Å². The second-order valence-corrected chi connectivity index (χ2v) is 3.59. The molecule has 0 spiro atoms. The summed E-state index contributed by atoms with van der Waals surface area (Å²) in [6.45, 7) is 5.31. The molecule has 1 aromatic heterocycles. The summed E-state index contributed by atoms with van der Waals surface area (Å²) in [7, 11) is 2.00. The predicted molar refractivity (Wildman–Crippen MR) is 54.6 cm³/mol. The van der Waals surface area contributed by atoms with Gasteiger partial charge in [0.2, 0.25) is 0 Å². The zero-order valence-corrected chi connectivity index (χ0v) is 8.36. The molecule has 72 valence electrons. The molecule has 2 N–H and O–H groups in total. The molecule has 1 rings (SSSR count). The maximum Gasteiger partial charge on any atom is 0.151 e. The lowest BCUT2D eigenvalue weighted by atomic mass is 10.2. The molecule has 0 atom stereocenters. The second kappa shape index (κ2) is 4.07. The summed E-state index contributed by atoms with van der Waals surface area (Å²) in [5.41, 5.74) is 5.44. The number of hydrogen-bond donors (Lipinski definition) is 1. The number of nitrogens with two attached hydrogens (primary N) is 1. The fraction of sp³-hybridized carbons (Fsp3) is 0.556. The maximum atomic E-state index is 5.44. The highest BCUT2D eigenvalue weighted by Gasteiger charge is 2.04. The van der Waals surface area contributed by atoms with Gasteiger partial charge in [0, 0.05) is 13.6 Å². The molecule has 13 heavy (non-hydrogen) atoms. The van der Waals surface area contributed by atoms with E-state index in [1.54, 1.807) is 6.07 Å². The normalized spacial score (nSPS) is 10.5. The van der Waals surface area contributed by atoms with Crippen molar-refractivity contribution < 1.29 is 0 Å². The van der Waals surface area contributed by atoms with Crippen molar-refractivity contribution in [2.45, 2.75) is 13.8 Å². The molecule has 0 unspecified atom stereocenters. The molecule has 0 amide bonds. The molecule has 0 saturated heterocycles. The van der Waals surface area contributed by atoms with Crippen molar-refractivity contribution in [3.05, 3.63) is 12.1 Å². The van der Waals surface area contributed by atoms with Gasteiger partial charge >= 0.3 is 0 Å². The number of rotatable bonds is 3. The van der Waals surface area contributed by atoms with E-state index in [0.29, 0.717) is 11.7 Å². The number of anilines is 2. The lowest BCUT2D eigenvalue weighted by Gasteiger charge is -2.19. The van der Waals surface area contributed by atoms with E-state index in [0.717, 1.165) is 12.4 Å². The maximum absolute atomic E-state index is 5.44. The van der Waals surface area contributed by atoms with Crippen molar-refractivity contribution in [3.63, 3.8) is 0 Å². The minimum Gasteiger partial charge on any atom is -0.382 e. The third kappa shape index (κ3) is 2.89. The van der Waals surface area contributed by atoms with Crippen LogP contribution in [0.4, 0.5) is 11.6 Å². The lowest BCUT2D eigenvalue weighted by Crippen LogP contribution is -2.23. The summed E-state index contributed by atoms with van der Waals surface area (Å²) < 4.78 is 0. The summed E-state index contributed by atoms with van der Waals surface area (Å²) >= 11 is 0. The van der Waals surface area contributed by atoms with Gasteiger partial charge in [-0.15, -0.1) is 10.2 Å². The van der Waals surface area contributed by atoms with E-state index in [9.17, 15) is 0 Å². The van der Waals surface area contributed by atoms with Crippen molar-refractivity contribution in [1.29, 1.82) is 0 Å². The SMILES string of the molecule is CC(C)CN(C)c1ccc(N)nn1. The third-order valence-corrected chi connectivity index (χ3v) is 1.70. The van der Waals surface area contributed by atoms with Crippen LogP contribution in [0.2, 0.25) is 0 Å². The fourth-order valence-corrected chi connectivity index (χ4v) is 1.18. The Kier molecular flexibility index (Phi) is 3.06. The number of hydrogen-bond acceptors (Lipinski definition) is 4. The van der Waals surface area contributed by atoms with Crippen LogP contribution in [0.25, 0.3) is 0 Å². The summed E-state index contributed by atoms with van der Waals surface area (Å²) in [5, 5.41) is 7.78. The highest BCUT2D eigenvalue weighted by Crippen LogP contribution is 2.09. The Morgan fingerprint density at radius 3 is 2.54 bits per heavy atom. The zero-order chi connectivity index (χ0) is 9.84. The second-order valence-electron chi connectivity index (χ2n) is 3.59. The minimum atomic E-state index is 0.460. The number of nitrogen functional groups attached to an aromatic ring is 1. The third-order valence-electron chi connectivity index (χ3n) is 1.70. The Morgan fingerprint density at radius 2 is 2.08 bits per heavy atom. The molecule has 0 aliphatic heterocycles. The van der Waals surface area contributed by atoms with Crippen LogP contribution in [0.3, 0.4) is 0 Å². The monoisotopic (exact) mass is 180 g/mol. The molecular weight excluding hydrogens is 164 g/mol. The van der Waals surface area contributed by atoms with Gasteiger partial charge in [-0.1, -0.05) is 13.8 Å². The lowest BCUT2D eigenvalue weighted by molar-refractivity contribution is 0.632. The number of nitrogens with zero attached hydrogens (tertiary/aromatic N) is 3. The minimum absolute atomic E-state index is 0.460. The molecule has 0 radical (unpaired) electrons. The average molecular weight is 180 g/mol. The Morgan fingerprint density at radius 1 is 1.38 bits per heavy atom. The molecule has 0 aromatic carbocycles.